The van der Waals surface area contributed by atoms with Crippen LogP contribution in [0.1, 0.15) is 27.3 Å². The van der Waals surface area contributed by atoms with Gasteiger partial charge in [-0.15, -0.1) is 11.3 Å². The summed E-state index contributed by atoms with van der Waals surface area (Å²) in [5.41, 5.74) is 5.84. The first-order chi connectivity index (χ1) is 18.8. The zero-order valence-electron chi connectivity index (χ0n) is 22.5. The highest BCUT2D eigenvalue weighted by atomic mass is 32.1. The summed E-state index contributed by atoms with van der Waals surface area (Å²) in [6, 6.07) is 12.8. The highest BCUT2D eigenvalue weighted by molar-refractivity contribution is 7.14. The standard InChI is InChI=1S/C29H29N3O6S/c1-17-13-22(18(2)32(17)21-10-8-20(9-11-21)28(34)38-6)23-16-39-29(30-23)31-26(33)12-7-19-14-24(35-3)27(37-5)25(15-19)36-4/h7-16H,1-6H3,(H,30,31,33). The van der Waals surface area contributed by atoms with Crippen molar-refractivity contribution < 1.29 is 28.5 Å². The third-order valence-electron chi connectivity index (χ3n) is 6.10. The molecular weight excluding hydrogens is 518 g/mol. The van der Waals surface area contributed by atoms with Crippen molar-refractivity contribution in [3.63, 3.8) is 0 Å². The Balaban J connectivity index is 1.50. The number of hydrogen-bond acceptors (Lipinski definition) is 8. The number of esters is 1. The second-order valence-electron chi connectivity index (χ2n) is 8.48. The molecule has 2 aromatic carbocycles. The van der Waals surface area contributed by atoms with Gasteiger partial charge in [-0.25, -0.2) is 9.78 Å². The fraction of sp³-hybridized carbons (Fsp3) is 0.207. The number of nitrogens with zero attached hydrogens (tertiary/aromatic N) is 2. The number of rotatable bonds is 9. The molecule has 0 fully saturated rings. The van der Waals surface area contributed by atoms with E-state index in [1.807, 2.05) is 31.4 Å². The molecule has 0 saturated carbocycles. The van der Waals surface area contributed by atoms with Gasteiger partial charge in [0.25, 0.3) is 0 Å². The first kappa shape index (κ1) is 27.5. The number of nitrogens with one attached hydrogen (secondary N) is 1. The summed E-state index contributed by atoms with van der Waals surface area (Å²) < 4.78 is 22.9. The molecule has 202 valence electrons. The Bertz CT molecular complexity index is 1510. The smallest absolute Gasteiger partial charge is 0.337 e. The number of anilines is 1. The van der Waals surface area contributed by atoms with Crippen molar-refractivity contribution >= 4 is 34.4 Å². The zero-order valence-corrected chi connectivity index (χ0v) is 23.3. The van der Waals surface area contributed by atoms with E-state index >= 15 is 0 Å². The molecule has 4 rings (SSSR count). The van der Waals surface area contributed by atoms with Crippen molar-refractivity contribution in [2.75, 3.05) is 33.8 Å². The molecule has 2 heterocycles. The number of carbonyl (C=O) groups excluding carboxylic acids is 2. The first-order valence-corrected chi connectivity index (χ1v) is 12.8. The SMILES string of the molecule is COC(=O)c1ccc(-n2c(C)cc(-c3csc(NC(=O)C=Cc4cc(OC)c(OC)c(OC)c4)n3)c2C)cc1. The molecule has 4 aromatic rings. The van der Waals surface area contributed by atoms with Crippen LogP contribution in [0.3, 0.4) is 0 Å². The van der Waals surface area contributed by atoms with Gasteiger partial charge in [-0.1, -0.05) is 0 Å². The van der Waals surface area contributed by atoms with Crippen LogP contribution in [0.5, 0.6) is 17.2 Å². The van der Waals surface area contributed by atoms with Gasteiger partial charge >= 0.3 is 5.97 Å². The lowest BCUT2D eigenvalue weighted by Gasteiger charge is -2.12. The summed E-state index contributed by atoms with van der Waals surface area (Å²) in [6.07, 6.45) is 3.08. The van der Waals surface area contributed by atoms with Gasteiger partial charge < -0.3 is 23.5 Å². The van der Waals surface area contributed by atoms with Crippen LogP contribution >= 0.6 is 11.3 Å². The van der Waals surface area contributed by atoms with E-state index in [1.165, 1.54) is 45.9 Å². The molecule has 0 aliphatic heterocycles. The van der Waals surface area contributed by atoms with Crippen LogP contribution in [-0.2, 0) is 9.53 Å². The van der Waals surface area contributed by atoms with E-state index in [1.54, 1.807) is 30.3 Å². The number of ether oxygens (including phenoxy) is 4. The highest BCUT2D eigenvalue weighted by Gasteiger charge is 2.16. The molecule has 0 aliphatic carbocycles. The van der Waals surface area contributed by atoms with Crippen LogP contribution in [0.4, 0.5) is 5.13 Å². The summed E-state index contributed by atoms with van der Waals surface area (Å²) >= 11 is 1.34. The molecule has 0 aliphatic rings. The summed E-state index contributed by atoms with van der Waals surface area (Å²) in [6.45, 7) is 4.02. The lowest BCUT2D eigenvalue weighted by atomic mass is 10.1. The lowest BCUT2D eigenvalue weighted by Crippen LogP contribution is -2.07. The van der Waals surface area contributed by atoms with Crippen LogP contribution in [0, 0.1) is 13.8 Å². The maximum atomic E-state index is 12.6. The number of hydrogen-bond donors (Lipinski definition) is 1. The average Bonchev–Trinajstić information content (AvgIpc) is 3.53. The molecule has 0 saturated heterocycles. The number of amides is 1. The number of methoxy groups -OCH3 is 4. The van der Waals surface area contributed by atoms with E-state index in [9.17, 15) is 9.59 Å². The van der Waals surface area contributed by atoms with Gasteiger partial charge in [0.05, 0.1) is 39.7 Å². The summed E-state index contributed by atoms with van der Waals surface area (Å²) in [4.78, 5) is 29.0. The lowest BCUT2D eigenvalue weighted by molar-refractivity contribution is -0.111. The number of aromatic nitrogens is 2. The molecule has 0 radical (unpaired) electrons. The average molecular weight is 548 g/mol. The second kappa shape index (κ2) is 11.9. The van der Waals surface area contributed by atoms with Crippen molar-refractivity contribution in [2.24, 2.45) is 0 Å². The monoisotopic (exact) mass is 547 g/mol. The molecule has 39 heavy (non-hydrogen) atoms. The second-order valence-corrected chi connectivity index (χ2v) is 9.34. The van der Waals surface area contributed by atoms with E-state index in [2.05, 4.69) is 20.9 Å². The third-order valence-corrected chi connectivity index (χ3v) is 6.86. The number of aryl methyl sites for hydroxylation is 1. The molecule has 0 atom stereocenters. The summed E-state index contributed by atoms with van der Waals surface area (Å²) in [5, 5.41) is 5.21. The predicted molar refractivity (Wildman–Crippen MR) is 151 cm³/mol. The molecule has 9 nitrogen and oxygen atoms in total. The van der Waals surface area contributed by atoms with E-state index < -0.39 is 0 Å². The van der Waals surface area contributed by atoms with Gasteiger partial charge in [-0.3, -0.25) is 10.1 Å². The Morgan fingerprint density at radius 2 is 1.62 bits per heavy atom. The molecular formula is C29H29N3O6S. The quantitative estimate of drug-likeness (QED) is 0.212. The van der Waals surface area contributed by atoms with Crippen LogP contribution in [0.15, 0.2) is 53.9 Å². The molecule has 10 heteroatoms. The Morgan fingerprint density at radius 3 is 2.21 bits per heavy atom. The van der Waals surface area contributed by atoms with Gasteiger partial charge in [-0.05, 0) is 68.0 Å². The largest absolute Gasteiger partial charge is 0.493 e. The van der Waals surface area contributed by atoms with Crippen molar-refractivity contribution in [1.82, 2.24) is 9.55 Å². The fourth-order valence-corrected chi connectivity index (χ4v) is 4.97. The van der Waals surface area contributed by atoms with Crippen LogP contribution in [-0.4, -0.2) is 49.9 Å². The van der Waals surface area contributed by atoms with Crippen LogP contribution in [0.25, 0.3) is 23.0 Å². The molecule has 2 aromatic heterocycles. The van der Waals surface area contributed by atoms with Crippen molar-refractivity contribution in [3.8, 4) is 34.2 Å². The highest BCUT2D eigenvalue weighted by Crippen LogP contribution is 2.38. The molecule has 1 amide bonds. The molecule has 0 bridgehead atoms. The van der Waals surface area contributed by atoms with Crippen molar-refractivity contribution in [1.29, 1.82) is 0 Å². The Morgan fingerprint density at radius 1 is 0.949 bits per heavy atom. The third kappa shape index (κ3) is 5.80. The molecule has 0 spiro atoms. The maximum Gasteiger partial charge on any atom is 0.337 e. The Kier molecular flexibility index (Phi) is 8.36. The van der Waals surface area contributed by atoms with Gasteiger partial charge in [0.1, 0.15) is 0 Å². The summed E-state index contributed by atoms with van der Waals surface area (Å²) in [7, 11) is 5.97. The van der Waals surface area contributed by atoms with E-state index in [0.29, 0.717) is 33.5 Å². The van der Waals surface area contributed by atoms with Gasteiger partial charge in [0.2, 0.25) is 11.7 Å². The fourth-order valence-electron chi connectivity index (χ4n) is 4.26. The van der Waals surface area contributed by atoms with Crippen LogP contribution < -0.4 is 19.5 Å². The van der Waals surface area contributed by atoms with Gasteiger partial charge in [0.15, 0.2) is 16.6 Å². The zero-order chi connectivity index (χ0) is 28.1. The predicted octanol–water partition coefficient (Wildman–Crippen LogP) is 5.68. The number of carbonyl (C=O) groups is 2. The van der Waals surface area contributed by atoms with E-state index in [4.69, 9.17) is 18.9 Å². The number of benzene rings is 2. The van der Waals surface area contributed by atoms with E-state index in [0.717, 1.165) is 28.3 Å². The van der Waals surface area contributed by atoms with Crippen molar-refractivity contribution in [3.05, 3.63) is 76.4 Å². The van der Waals surface area contributed by atoms with Crippen molar-refractivity contribution in [2.45, 2.75) is 13.8 Å². The van der Waals surface area contributed by atoms with Crippen LogP contribution in [0.2, 0.25) is 0 Å². The minimum absolute atomic E-state index is 0.319. The normalized spacial score (nSPS) is 10.9. The topological polar surface area (TPSA) is 101 Å². The number of thiazole rings is 1. The van der Waals surface area contributed by atoms with Gasteiger partial charge in [0, 0.05) is 34.1 Å². The maximum absolute atomic E-state index is 12.6. The summed E-state index contributed by atoms with van der Waals surface area (Å²) in [5.74, 6) is 0.783. The van der Waals surface area contributed by atoms with E-state index in [-0.39, 0.29) is 11.9 Å². The minimum Gasteiger partial charge on any atom is -0.493 e. The first-order valence-electron chi connectivity index (χ1n) is 11.9. The minimum atomic E-state index is -0.376. The Labute approximate surface area is 230 Å². The molecule has 0 unspecified atom stereocenters. The van der Waals surface area contributed by atoms with Gasteiger partial charge in [-0.2, -0.15) is 0 Å². The Hall–Kier alpha value is -4.57. The molecule has 1 N–H and O–H groups in total.